The Bertz CT molecular complexity index is 1040. The van der Waals surface area contributed by atoms with Crippen molar-refractivity contribution in [2.45, 2.75) is 32.2 Å². The molecule has 0 spiro atoms. The van der Waals surface area contributed by atoms with Gasteiger partial charge in [-0.05, 0) is 55.2 Å². The molecule has 1 aromatic carbocycles. The van der Waals surface area contributed by atoms with Crippen molar-refractivity contribution in [3.05, 3.63) is 59.5 Å². The standard InChI is InChI=1S/C22H23N3O3/c1-15-7-9-24-14-17(23-21(24)12-15)22(26)25-8-2-4-18(25)16-5-6-19-20(13-16)28-11-3-10-27-19/h5-7,9,12-14,18H,2-4,8,10-11H2,1H3/t18-/m0/s1. The summed E-state index contributed by atoms with van der Waals surface area (Å²) in [5, 5.41) is 0. The van der Waals surface area contributed by atoms with E-state index in [-0.39, 0.29) is 11.9 Å². The SMILES string of the molecule is Cc1ccn2cc(C(=O)N3CCC[C@H]3c3ccc4c(c3)OCCCO4)nc2c1. The molecule has 6 heteroatoms. The number of hydrogen-bond acceptors (Lipinski definition) is 4. The van der Waals surface area contributed by atoms with Gasteiger partial charge in [-0.2, -0.15) is 0 Å². The summed E-state index contributed by atoms with van der Waals surface area (Å²) in [5.41, 5.74) is 3.51. The van der Waals surface area contributed by atoms with Gasteiger partial charge in [-0.15, -0.1) is 0 Å². The molecule has 0 saturated carbocycles. The number of imidazole rings is 1. The molecule has 0 unspecified atom stereocenters. The number of nitrogens with zero attached hydrogens (tertiary/aromatic N) is 3. The summed E-state index contributed by atoms with van der Waals surface area (Å²) in [6.07, 6.45) is 6.57. The van der Waals surface area contributed by atoms with Gasteiger partial charge >= 0.3 is 0 Å². The smallest absolute Gasteiger partial charge is 0.274 e. The number of rotatable bonds is 2. The van der Waals surface area contributed by atoms with Crippen molar-refractivity contribution >= 4 is 11.6 Å². The van der Waals surface area contributed by atoms with Gasteiger partial charge in [-0.3, -0.25) is 4.79 Å². The Balaban J connectivity index is 1.44. The van der Waals surface area contributed by atoms with Crippen molar-refractivity contribution < 1.29 is 14.3 Å². The number of aryl methyl sites for hydroxylation is 1. The molecule has 0 N–H and O–H groups in total. The van der Waals surface area contributed by atoms with E-state index in [1.165, 1.54) is 0 Å². The molecule has 0 aliphatic carbocycles. The van der Waals surface area contributed by atoms with Gasteiger partial charge in [0, 0.05) is 25.4 Å². The Morgan fingerprint density at radius 1 is 1.11 bits per heavy atom. The van der Waals surface area contributed by atoms with Crippen LogP contribution in [0.15, 0.2) is 42.7 Å². The lowest BCUT2D eigenvalue weighted by Gasteiger charge is -2.25. The second kappa shape index (κ2) is 6.86. The van der Waals surface area contributed by atoms with Crippen LogP contribution < -0.4 is 9.47 Å². The topological polar surface area (TPSA) is 56.1 Å². The first kappa shape index (κ1) is 17.1. The van der Waals surface area contributed by atoms with Crippen molar-refractivity contribution in [3.8, 4) is 11.5 Å². The molecule has 0 bridgehead atoms. The highest BCUT2D eigenvalue weighted by atomic mass is 16.5. The van der Waals surface area contributed by atoms with Crippen LogP contribution in [0.4, 0.5) is 0 Å². The average molecular weight is 377 g/mol. The lowest BCUT2D eigenvalue weighted by Crippen LogP contribution is -2.30. The molecule has 1 fully saturated rings. The van der Waals surface area contributed by atoms with Crippen molar-refractivity contribution in [1.29, 1.82) is 0 Å². The molecule has 4 heterocycles. The van der Waals surface area contributed by atoms with Crippen LogP contribution in [-0.4, -0.2) is 40.0 Å². The molecule has 144 valence electrons. The van der Waals surface area contributed by atoms with Crippen molar-refractivity contribution in [1.82, 2.24) is 14.3 Å². The van der Waals surface area contributed by atoms with Gasteiger partial charge < -0.3 is 18.8 Å². The molecule has 6 nitrogen and oxygen atoms in total. The van der Waals surface area contributed by atoms with E-state index in [9.17, 15) is 4.79 Å². The molecule has 1 amide bonds. The molecule has 3 aromatic rings. The molecule has 1 atom stereocenters. The zero-order valence-corrected chi connectivity index (χ0v) is 15.9. The van der Waals surface area contributed by atoms with Gasteiger partial charge in [-0.25, -0.2) is 4.98 Å². The summed E-state index contributed by atoms with van der Waals surface area (Å²) in [5.74, 6) is 1.54. The van der Waals surface area contributed by atoms with Crippen LogP contribution in [0, 0.1) is 6.92 Å². The number of aromatic nitrogens is 2. The largest absolute Gasteiger partial charge is 0.490 e. The van der Waals surface area contributed by atoms with Crippen LogP contribution >= 0.6 is 0 Å². The molecule has 2 aromatic heterocycles. The molecule has 28 heavy (non-hydrogen) atoms. The van der Waals surface area contributed by atoms with E-state index in [0.29, 0.717) is 18.9 Å². The maximum Gasteiger partial charge on any atom is 0.274 e. The summed E-state index contributed by atoms with van der Waals surface area (Å²) in [4.78, 5) is 19.7. The fraction of sp³-hybridized carbons (Fsp3) is 0.364. The monoisotopic (exact) mass is 377 g/mol. The molecule has 5 rings (SSSR count). The van der Waals surface area contributed by atoms with Crippen molar-refractivity contribution in [2.24, 2.45) is 0 Å². The summed E-state index contributed by atoms with van der Waals surface area (Å²) in [6.45, 7) is 4.10. The highest BCUT2D eigenvalue weighted by Crippen LogP contribution is 2.38. The van der Waals surface area contributed by atoms with Crippen LogP contribution in [-0.2, 0) is 0 Å². The first-order chi connectivity index (χ1) is 13.7. The van der Waals surface area contributed by atoms with E-state index < -0.39 is 0 Å². The van der Waals surface area contributed by atoms with Gasteiger partial charge in [0.25, 0.3) is 5.91 Å². The molecule has 1 saturated heterocycles. The minimum Gasteiger partial charge on any atom is -0.490 e. The number of carbonyl (C=O) groups excluding carboxylic acids is 1. The maximum atomic E-state index is 13.2. The maximum absolute atomic E-state index is 13.2. The quantitative estimate of drug-likeness (QED) is 0.682. The summed E-state index contributed by atoms with van der Waals surface area (Å²) >= 11 is 0. The Morgan fingerprint density at radius 3 is 2.86 bits per heavy atom. The first-order valence-corrected chi connectivity index (χ1v) is 9.85. The van der Waals surface area contributed by atoms with Crippen molar-refractivity contribution in [3.63, 3.8) is 0 Å². The van der Waals surface area contributed by atoms with E-state index >= 15 is 0 Å². The number of carbonyl (C=O) groups is 1. The van der Waals surface area contributed by atoms with E-state index in [2.05, 4.69) is 11.1 Å². The Labute approximate surface area is 163 Å². The van der Waals surface area contributed by atoms with Gasteiger partial charge in [0.2, 0.25) is 0 Å². The van der Waals surface area contributed by atoms with E-state index in [0.717, 1.165) is 54.1 Å². The third kappa shape index (κ3) is 2.99. The van der Waals surface area contributed by atoms with Crippen LogP contribution in [0.3, 0.4) is 0 Å². The van der Waals surface area contributed by atoms with E-state index in [1.54, 1.807) is 0 Å². The lowest BCUT2D eigenvalue weighted by molar-refractivity contribution is 0.0730. The highest BCUT2D eigenvalue weighted by Gasteiger charge is 2.32. The normalized spacial score (nSPS) is 19.0. The van der Waals surface area contributed by atoms with Crippen LogP contribution in [0.1, 0.15) is 46.9 Å². The van der Waals surface area contributed by atoms with Gasteiger partial charge in [0.15, 0.2) is 11.5 Å². The third-order valence-electron chi connectivity index (χ3n) is 5.50. The molecule has 2 aliphatic heterocycles. The summed E-state index contributed by atoms with van der Waals surface area (Å²) in [7, 11) is 0. The molecular weight excluding hydrogens is 354 g/mol. The Kier molecular flexibility index (Phi) is 4.19. The number of fused-ring (bicyclic) bond motifs is 2. The van der Waals surface area contributed by atoms with Gasteiger partial charge in [0.1, 0.15) is 11.3 Å². The van der Waals surface area contributed by atoms with E-state index in [1.807, 2.05) is 52.9 Å². The van der Waals surface area contributed by atoms with E-state index in [4.69, 9.17) is 9.47 Å². The minimum atomic E-state index is -0.0176. The molecule has 2 aliphatic rings. The lowest BCUT2D eigenvalue weighted by atomic mass is 10.0. The Morgan fingerprint density at radius 2 is 1.96 bits per heavy atom. The predicted molar refractivity (Wildman–Crippen MR) is 105 cm³/mol. The minimum absolute atomic E-state index is 0.0176. The summed E-state index contributed by atoms with van der Waals surface area (Å²) < 4.78 is 13.5. The number of likely N-dealkylation sites (tertiary alicyclic amines) is 1. The third-order valence-corrected chi connectivity index (χ3v) is 5.50. The van der Waals surface area contributed by atoms with Crippen LogP contribution in [0.25, 0.3) is 5.65 Å². The zero-order valence-electron chi connectivity index (χ0n) is 15.9. The number of benzene rings is 1. The fourth-order valence-electron chi connectivity index (χ4n) is 4.08. The van der Waals surface area contributed by atoms with Gasteiger partial charge in [-0.1, -0.05) is 6.07 Å². The fourth-order valence-corrected chi connectivity index (χ4v) is 4.08. The summed E-state index contributed by atoms with van der Waals surface area (Å²) in [6, 6.07) is 10.1. The molecule has 0 radical (unpaired) electrons. The number of hydrogen-bond donors (Lipinski definition) is 0. The van der Waals surface area contributed by atoms with Gasteiger partial charge in [0.05, 0.1) is 19.3 Å². The number of amides is 1. The molecular formula is C22H23N3O3. The van der Waals surface area contributed by atoms with Crippen LogP contribution in [0.5, 0.6) is 11.5 Å². The van der Waals surface area contributed by atoms with Crippen LogP contribution in [0.2, 0.25) is 0 Å². The second-order valence-corrected chi connectivity index (χ2v) is 7.51. The number of ether oxygens (including phenoxy) is 2. The first-order valence-electron chi connectivity index (χ1n) is 9.85. The highest BCUT2D eigenvalue weighted by molar-refractivity contribution is 5.93. The predicted octanol–water partition coefficient (Wildman–Crippen LogP) is 3.78. The zero-order chi connectivity index (χ0) is 19.1. The average Bonchev–Trinajstić information content (AvgIpc) is 3.28. The Hall–Kier alpha value is -3.02. The second-order valence-electron chi connectivity index (χ2n) is 7.51. The van der Waals surface area contributed by atoms with Crippen molar-refractivity contribution in [2.75, 3.05) is 19.8 Å². The number of pyridine rings is 1.